The number of pyridine rings is 1. The number of ether oxygens (including phenoxy) is 1. The Hall–Kier alpha value is -2.83. The van der Waals surface area contributed by atoms with Crippen molar-refractivity contribution in [3.8, 4) is 5.88 Å². The van der Waals surface area contributed by atoms with E-state index in [1.54, 1.807) is 25.1 Å². The molecule has 0 atom stereocenters. The van der Waals surface area contributed by atoms with Crippen LogP contribution < -0.4 is 20.1 Å². The molecular weight excluding hydrogens is 444 g/mol. The molecule has 3 N–H and O–H groups in total. The van der Waals surface area contributed by atoms with Crippen LogP contribution in [-0.2, 0) is 10.2 Å². The van der Waals surface area contributed by atoms with Crippen molar-refractivity contribution in [1.82, 2.24) is 9.29 Å². The van der Waals surface area contributed by atoms with Crippen LogP contribution in [0.3, 0.4) is 0 Å². The Balaban J connectivity index is 1.96. The maximum atomic E-state index is 13.3. The molecule has 2 heterocycles. The van der Waals surface area contributed by atoms with Crippen LogP contribution >= 0.6 is 0 Å². The third-order valence-corrected chi connectivity index (χ3v) is 6.05. The molecule has 32 heavy (non-hydrogen) atoms. The number of nitrogens with one attached hydrogen (secondary N) is 1. The van der Waals surface area contributed by atoms with Gasteiger partial charge in [-0.25, -0.2) is 14.9 Å². The van der Waals surface area contributed by atoms with Crippen molar-refractivity contribution < 1.29 is 26.7 Å². The fraction of sp³-hybridized carbons (Fsp3) is 0.400. The first kappa shape index (κ1) is 23.8. The van der Waals surface area contributed by atoms with E-state index in [1.807, 2.05) is 26.0 Å². The van der Waals surface area contributed by atoms with Crippen LogP contribution in [-0.4, -0.2) is 49.5 Å². The van der Waals surface area contributed by atoms with Gasteiger partial charge in [0.15, 0.2) is 0 Å². The number of anilines is 2. The van der Waals surface area contributed by atoms with Crippen molar-refractivity contribution in [2.75, 3.05) is 23.3 Å². The van der Waals surface area contributed by atoms with Crippen LogP contribution in [0, 0.1) is 6.92 Å². The van der Waals surface area contributed by atoms with Crippen LogP contribution in [0.5, 0.6) is 5.88 Å². The minimum absolute atomic E-state index is 0.00518. The molecule has 2 amide bonds. The Bertz CT molecular complexity index is 1090. The number of nitrogens with zero attached hydrogens (tertiary/aromatic N) is 3. The first-order chi connectivity index (χ1) is 15.0. The summed E-state index contributed by atoms with van der Waals surface area (Å²) in [4.78, 5) is 18.7. The molecule has 1 aromatic carbocycles. The van der Waals surface area contributed by atoms with Crippen molar-refractivity contribution >= 4 is 27.6 Å². The van der Waals surface area contributed by atoms with Gasteiger partial charge in [0.2, 0.25) is 5.88 Å². The number of hydrogen-bond acceptors (Lipinski definition) is 5. The predicted molar refractivity (Wildman–Crippen MR) is 116 cm³/mol. The first-order valence-corrected chi connectivity index (χ1v) is 11.4. The Morgan fingerprint density at radius 1 is 1.25 bits per heavy atom. The number of amides is 2. The molecule has 0 bridgehead atoms. The number of alkyl halides is 2. The maximum absolute atomic E-state index is 13.3. The molecule has 0 spiro atoms. The Morgan fingerprint density at radius 2 is 1.91 bits per heavy atom. The van der Waals surface area contributed by atoms with Crippen molar-refractivity contribution in [3.05, 3.63) is 47.7 Å². The molecule has 1 fully saturated rings. The number of aryl methyl sites for hydroxylation is 1. The quantitative estimate of drug-likeness (QED) is 0.646. The minimum Gasteiger partial charge on any atom is -0.415 e. The number of para-hydroxylation sites is 1. The standard InChI is InChI=1S/C20H25F2N5O4S/c1-12(2)15-6-4-5-7-17(15)27(14-10-26(11-14)32(23,29)30)20(28)25-16-9-8-13(3)24-18(16)31-19(21)22/h4-9,12,14,19H,10-11H2,1-3H3,(H,25,28)(H2,23,29,30). The van der Waals surface area contributed by atoms with Crippen LogP contribution in [0.1, 0.15) is 31.0 Å². The second kappa shape index (κ2) is 9.35. The third-order valence-electron chi connectivity index (χ3n) is 5.03. The average molecular weight is 470 g/mol. The molecular formula is C20H25F2N5O4S. The smallest absolute Gasteiger partial charge is 0.388 e. The topological polar surface area (TPSA) is 118 Å². The van der Waals surface area contributed by atoms with E-state index in [0.29, 0.717) is 11.4 Å². The molecule has 0 saturated carbocycles. The molecule has 2 aromatic rings. The molecule has 1 saturated heterocycles. The van der Waals surface area contributed by atoms with E-state index >= 15 is 0 Å². The molecule has 0 radical (unpaired) electrons. The summed E-state index contributed by atoms with van der Waals surface area (Å²) in [6.07, 6.45) is 0. The lowest BCUT2D eigenvalue weighted by Crippen LogP contribution is -2.64. The highest BCUT2D eigenvalue weighted by molar-refractivity contribution is 7.86. The zero-order valence-electron chi connectivity index (χ0n) is 17.8. The van der Waals surface area contributed by atoms with Crippen LogP contribution in [0.25, 0.3) is 0 Å². The van der Waals surface area contributed by atoms with Gasteiger partial charge in [-0.15, -0.1) is 0 Å². The zero-order valence-corrected chi connectivity index (χ0v) is 18.6. The molecule has 12 heteroatoms. The number of aromatic nitrogens is 1. The maximum Gasteiger partial charge on any atom is 0.388 e. The summed E-state index contributed by atoms with van der Waals surface area (Å²) < 4.78 is 54.4. The minimum atomic E-state index is -3.89. The van der Waals surface area contributed by atoms with Crippen molar-refractivity contribution in [2.24, 2.45) is 5.14 Å². The number of halogens is 2. The highest BCUT2D eigenvalue weighted by atomic mass is 32.2. The van der Waals surface area contributed by atoms with Gasteiger partial charge in [0.05, 0.1) is 6.04 Å². The van der Waals surface area contributed by atoms with Crippen molar-refractivity contribution in [3.63, 3.8) is 0 Å². The van der Waals surface area contributed by atoms with E-state index in [1.165, 1.54) is 11.0 Å². The lowest BCUT2D eigenvalue weighted by molar-refractivity contribution is -0.0523. The first-order valence-electron chi connectivity index (χ1n) is 9.86. The van der Waals surface area contributed by atoms with E-state index in [4.69, 9.17) is 5.14 Å². The van der Waals surface area contributed by atoms with Crippen molar-refractivity contribution in [2.45, 2.75) is 39.3 Å². The van der Waals surface area contributed by atoms with Gasteiger partial charge in [-0.05, 0) is 36.6 Å². The number of rotatable bonds is 7. The lowest BCUT2D eigenvalue weighted by Gasteiger charge is -2.44. The molecule has 1 aliphatic heterocycles. The molecule has 174 valence electrons. The van der Waals surface area contributed by atoms with Gasteiger partial charge < -0.3 is 10.1 Å². The van der Waals surface area contributed by atoms with E-state index in [-0.39, 0.29) is 24.7 Å². The summed E-state index contributed by atoms with van der Waals surface area (Å²) in [5, 5.41) is 7.76. The second-order valence-electron chi connectivity index (χ2n) is 7.71. The van der Waals surface area contributed by atoms with E-state index in [0.717, 1.165) is 9.87 Å². The number of carbonyl (C=O) groups excluding carboxylic acids is 1. The molecule has 3 rings (SSSR count). The number of benzene rings is 1. The SMILES string of the molecule is Cc1ccc(NC(=O)N(c2ccccc2C(C)C)C2CN(S(N)(=O)=O)C2)c(OC(F)F)n1. The van der Waals surface area contributed by atoms with Crippen molar-refractivity contribution in [1.29, 1.82) is 0 Å². The van der Waals surface area contributed by atoms with Crippen LogP contribution in [0.4, 0.5) is 25.0 Å². The van der Waals surface area contributed by atoms with Gasteiger partial charge in [-0.1, -0.05) is 32.0 Å². The van der Waals surface area contributed by atoms with Gasteiger partial charge in [-0.3, -0.25) is 4.90 Å². The summed E-state index contributed by atoms with van der Waals surface area (Å²) in [5.74, 6) is -0.347. The fourth-order valence-corrected chi connectivity index (χ4v) is 4.19. The lowest BCUT2D eigenvalue weighted by atomic mass is 9.98. The Labute approximate surface area is 185 Å². The summed E-state index contributed by atoms with van der Waals surface area (Å²) in [6.45, 7) is 2.42. The number of nitrogens with two attached hydrogens (primary N) is 1. The average Bonchev–Trinajstić information content (AvgIpc) is 2.64. The highest BCUT2D eigenvalue weighted by Gasteiger charge is 2.41. The monoisotopic (exact) mass is 469 g/mol. The normalized spacial score (nSPS) is 15.0. The van der Waals surface area contributed by atoms with Gasteiger partial charge in [0.1, 0.15) is 5.69 Å². The van der Waals surface area contributed by atoms with Gasteiger partial charge in [0.25, 0.3) is 10.2 Å². The van der Waals surface area contributed by atoms with E-state index < -0.39 is 34.8 Å². The van der Waals surface area contributed by atoms with Gasteiger partial charge in [-0.2, -0.15) is 21.5 Å². The number of hydrogen-bond donors (Lipinski definition) is 2. The number of carbonyl (C=O) groups is 1. The highest BCUT2D eigenvalue weighted by Crippen LogP contribution is 2.33. The molecule has 0 aliphatic carbocycles. The molecule has 0 unspecified atom stereocenters. The second-order valence-corrected chi connectivity index (χ2v) is 9.26. The zero-order chi connectivity index (χ0) is 23.6. The Kier molecular flexibility index (Phi) is 6.96. The summed E-state index contributed by atoms with van der Waals surface area (Å²) >= 11 is 0. The van der Waals surface area contributed by atoms with E-state index in [9.17, 15) is 22.0 Å². The predicted octanol–water partition coefficient (Wildman–Crippen LogP) is 3.04. The number of urea groups is 1. The molecule has 1 aliphatic rings. The third kappa shape index (κ3) is 5.31. The largest absolute Gasteiger partial charge is 0.415 e. The van der Waals surface area contributed by atoms with Gasteiger partial charge in [0, 0.05) is 24.5 Å². The molecule has 1 aromatic heterocycles. The summed E-state index contributed by atoms with van der Waals surface area (Å²) in [5.41, 5.74) is 1.84. The van der Waals surface area contributed by atoms with E-state index in [2.05, 4.69) is 15.0 Å². The fourth-order valence-electron chi connectivity index (χ4n) is 3.43. The van der Waals surface area contributed by atoms with Crippen LogP contribution in [0.15, 0.2) is 36.4 Å². The Morgan fingerprint density at radius 3 is 2.50 bits per heavy atom. The summed E-state index contributed by atoms with van der Waals surface area (Å²) in [6, 6.07) is 9.04. The van der Waals surface area contributed by atoms with Crippen LogP contribution in [0.2, 0.25) is 0 Å². The van der Waals surface area contributed by atoms with Gasteiger partial charge >= 0.3 is 12.6 Å². The summed E-state index contributed by atoms with van der Waals surface area (Å²) in [7, 11) is -3.89. The molecule has 9 nitrogen and oxygen atoms in total.